The molecule has 0 aromatic carbocycles. The van der Waals surface area contributed by atoms with E-state index in [4.69, 9.17) is 4.74 Å². The number of carbonyl (C=O) groups excluding carboxylic acids is 1. The van der Waals surface area contributed by atoms with Crippen LogP contribution in [0.5, 0.6) is 0 Å². The molecule has 2 atom stereocenters. The molecule has 3 fully saturated rings. The maximum Gasteiger partial charge on any atom is 0.147 e. The summed E-state index contributed by atoms with van der Waals surface area (Å²) in [6.07, 6.45) is 5.94. The molecule has 0 unspecified atom stereocenters. The van der Waals surface area contributed by atoms with E-state index in [1.165, 1.54) is 6.42 Å². The Labute approximate surface area is 72.3 Å². The minimum atomic E-state index is 0.0328. The van der Waals surface area contributed by atoms with Crippen LogP contribution < -0.4 is 0 Å². The Kier molecular flexibility index (Phi) is 1.24. The number of fused-ring (bicyclic) bond motifs is 2. The molecular weight excluding hydrogens is 152 g/mol. The lowest BCUT2D eigenvalue weighted by atomic mass is 9.47. The fourth-order valence-electron chi connectivity index (χ4n) is 3.10. The number of ketones is 1. The molecule has 66 valence electrons. The summed E-state index contributed by atoms with van der Waals surface area (Å²) in [5.74, 6) is 0.817. The summed E-state index contributed by atoms with van der Waals surface area (Å²) in [5, 5.41) is 0. The van der Waals surface area contributed by atoms with Crippen LogP contribution in [0.3, 0.4) is 0 Å². The molecule has 1 aliphatic heterocycles. The predicted molar refractivity (Wildman–Crippen MR) is 43.8 cm³/mol. The van der Waals surface area contributed by atoms with Gasteiger partial charge >= 0.3 is 0 Å². The van der Waals surface area contributed by atoms with Crippen molar-refractivity contribution in [2.45, 2.75) is 38.2 Å². The summed E-state index contributed by atoms with van der Waals surface area (Å²) >= 11 is 0. The Balaban J connectivity index is 1.85. The van der Waals surface area contributed by atoms with Crippen molar-refractivity contribution in [1.82, 2.24) is 0 Å². The summed E-state index contributed by atoms with van der Waals surface area (Å²) in [6, 6.07) is 0. The standard InChI is InChI=1S/C10H14O2/c11-8-7-3-1-6-12-9(7)10(8)4-2-5-10/h7,9H,1-6H2/t7-,9-/m1/s1. The largest absolute Gasteiger partial charge is 0.376 e. The van der Waals surface area contributed by atoms with Gasteiger partial charge in [-0.25, -0.2) is 0 Å². The fourth-order valence-corrected chi connectivity index (χ4v) is 3.10. The molecule has 1 heterocycles. The molecule has 2 heteroatoms. The van der Waals surface area contributed by atoms with E-state index in [2.05, 4.69) is 0 Å². The van der Waals surface area contributed by atoms with Gasteiger partial charge in [0, 0.05) is 12.5 Å². The van der Waals surface area contributed by atoms with Gasteiger partial charge in [0.05, 0.1) is 11.5 Å². The van der Waals surface area contributed by atoms with Crippen LogP contribution in [0, 0.1) is 11.3 Å². The highest BCUT2D eigenvalue weighted by Gasteiger charge is 2.65. The zero-order valence-corrected chi connectivity index (χ0v) is 7.21. The molecule has 2 nitrogen and oxygen atoms in total. The Bertz CT molecular complexity index is 230. The molecule has 1 spiro atoms. The topological polar surface area (TPSA) is 26.3 Å². The van der Waals surface area contributed by atoms with Crippen LogP contribution in [0.15, 0.2) is 0 Å². The zero-order chi connectivity index (χ0) is 8.18. The van der Waals surface area contributed by atoms with E-state index in [0.29, 0.717) is 17.8 Å². The van der Waals surface area contributed by atoms with Crippen LogP contribution in [-0.4, -0.2) is 18.5 Å². The molecule has 1 saturated heterocycles. The molecule has 3 rings (SSSR count). The van der Waals surface area contributed by atoms with Crippen molar-refractivity contribution in [2.75, 3.05) is 6.61 Å². The molecule has 0 radical (unpaired) electrons. The van der Waals surface area contributed by atoms with Gasteiger partial charge in [0.25, 0.3) is 0 Å². The van der Waals surface area contributed by atoms with Crippen LogP contribution in [0.25, 0.3) is 0 Å². The smallest absolute Gasteiger partial charge is 0.147 e. The lowest BCUT2D eigenvalue weighted by molar-refractivity contribution is -0.207. The molecule has 0 aromatic rings. The third kappa shape index (κ3) is 0.598. The molecule has 2 saturated carbocycles. The maximum absolute atomic E-state index is 11.7. The number of Topliss-reactive ketones (excluding diaryl/α,β-unsaturated/α-hetero) is 1. The number of ether oxygens (including phenoxy) is 1. The van der Waals surface area contributed by atoms with E-state index in [9.17, 15) is 4.79 Å². The lowest BCUT2D eigenvalue weighted by Crippen LogP contribution is -2.67. The third-order valence-corrected chi connectivity index (χ3v) is 3.94. The summed E-state index contributed by atoms with van der Waals surface area (Å²) in [6.45, 7) is 0.885. The van der Waals surface area contributed by atoms with Crippen molar-refractivity contribution in [3.05, 3.63) is 0 Å². The van der Waals surface area contributed by atoms with Gasteiger partial charge in [-0.1, -0.05) is 6.42 Å². The number of hydrogen-bond acceptors (Lipinski definition) is 2. The summed E-state index contributed by atoms with van der Waals surface area (Å²) in [7, 11) is 0. The number of rotatable bonds is 0. The molecule has 0 bridgehead atoms. The normalized spacial score (nSPS) is 43.2. The molecule has 2 aliphatic carbocycles. The van der Waals surface area contributed by atoms with E-state index in [0.717, 1.165) is 32.3 Å². The minimum absolute atomic E-state index is 0.0328. The first-order chi connectivity index (χ1) is 5.84. The summed E-state index contributed by atoms with van der Waals surface area (Å²) in [5.41, 5.74) is 0.0328. The van der Waals surface area contributed by atoms with Crippen molar-refractivity contribution in [1.29, 1.82) is 0 Å². The van der Waals surface area contributed by atoms with Crippen molar-refractivity contribution in [3.63, 3.8) is 0 Å². The Hall–Kier alpha value is -0.370. The van der Waals surface area contributed by atoms with Gasteiger partial charge in [0.1, 0.15) is 5.78 Å². The van der Waals surface area contributed by atoms with Crippen LogP contribution >= 0.6 is 0 Å². The second-order valence-corrected chi connectivity index (χ2v) is 4.41. The second kappa shape index (κ2) is 2.11. The Morgan fingerprint density at radius 1 is 1.33 bits per heavy atom. The molecule has 0 aromatic heterocycles. The quantitative estimate of drug-likeness (QED) is 0.545. The van der Waals surface area contributed by atoms with Gasteiger partial charge in [0.15, 0.2) is 0 Å². The lowest BCUT2D eigenvalue weighted by Gasteiger charge is -2.59. The zero-order valence-electron chi connectivity index (χ0n) is 7.21. The van der Waals surface area contributed by atoms with Gasteiger partial charge in [0.2, 0.25) is 0 Å². The van der Waals surface area contributed by atoms with Gasteiger partial charge in [-0.05, 0) is 25.7 Å². The van der Waals surface area contributed by atoms with E-state index in [1.54, 1.807) is 0 Å². The highest BCUT2D eigenvalue weighted by Crippen LogP contribution is 2.59. The molecule has 3 aliphatic rings. The van der Waals surface area contributed by atoms with Gasteiger partial charge < -0.3 is 4.74 Å². The average molecular weight is 166 g/mol. The van der Waals surface area contributed by atoms with Crippen LogP contribution in [0.2, 0.25) is 0 Å². The number of carbonyl (C=O) groups is 1. The molecular formula is C10H14O2. The first kappa shape index (κ1) is 7.07. The van der Waals surface area contributed by atoms with Crippen molar-refractivity contribution >= 4 is 5.78 Å². The Morgan fingerprint density at radius 2 is 2.17 bits per heavy atom. The monoisotopic (exact) mass is 166 g/mol. The number of hydrogen-bond donors (Lipinski definition) is 0. The van der Waals surface area contributed by atoms with Crippen LogP contribution in [0.1, 0.15) is 32.1 Å². The van der Waals surface area contributed by atoms with Gasteiger partial charge in [-0.15, -0.1) is 0 Å². The second-order valence-electron chi connectivity index (χ2n) is 4.41. The predicted octanol–water partition coefficient (Wildman–Crippen LogP) is 1.53. The van der Waals surface area contributed by atoms with Crippen molar-refractivity contribution in [3.8, 4) is 0 Å². The van der Waals surface area contributed by atoms with Crippen molar-refractivity contribution < 1.29 is 9.53 Å². The van der Waals surface area contributed by atoms with E-state index < -0.39 is 0 Å². The van der Waals surface area contributed by atoms with E-state index in [1.807, 2.05) is 0 Å². The maximum atomic E-state index is 11.7. The summed E-state index contributed by atoms with van der Waals surface area (Å²) in [4.78, 5) is 11.7. The third-order valence-electron chi connectivity index (χ3n) is 3.94. The SMILES string of the molecule is O=C1[C@H]2CCCO[C@H]2C12CCC2. The molecule has 12 heavy (non-hydrogen) atoms. The van der Waals surface area contributed by atoms with E-state index >= 15 is 0 Å². The van der Waals surface area contributed by atoms with Crippen LogP contribution in [0.4, 0.5) is 0 Å². The highest BCUT2D eigenvalue weighted by atomic mass is 16.5. The van der Waals surface area contributed by atoms with Crippen molar-refractivity contribution in [2.24, 2.45) is 11.3 Å². The average Bonchev–Trinajstić information content (AvgIpc) is 2.01. The molecule has 0 N–H and O–H groups in total. The Morgan fingerprint density at radius 3 is 2.83 bits per heavy atom. The fraction of sp³-hybridized carbons (Fsp3) is 0.900. The first-order valence-corrected chi connectivity index (χ1v) is 5.00. The summed E-state index contributed by atoms with van der Waals surface area (Å²) < 4.78 is 5.68. The van der Waals surface area contributed by atoms with E-state index in [-0.39, 0.29) is 5.41 Å². The minimum Gasteiger partial charge on any atom is -0.376 e. The molecule has 0 amide bonds. The van der Waals surface area contributed by atoms with Gasteiger partial charge in [-0.2, -0.15) is 0 Å². The highest BCUT2D eigenvalue weighted by molar-refractivity contribution is 5.95. The van der Waals surface area contributed by atoms with Gasteiger partial charge in [-0.3, -0.25) is 4.79 Å². The first-order valence-electron chi connectivity index (χ1n) is 5.00. The van der Waals surface area contributed by atoms with Crippen LogP contribution in [-0.2, 0) is 9.53 Å².